The average molecular weight is 450 g/mol. The number of carbonyl (C=O) groups is 1. The largest absolute Gasteiger partial charge is 0.444 e. The first kappa shape index (κ1) is 19.6. The van der Waals surface area contributed by atoms with Gasteiger partial charge in [0.15, 0.2) is 11.6 Å². The van der Waals surface area contributed by atoms with Gasteiger partial charge in [0, 0.05) is 0 Å². The molecule has 27 heavy (non-hydrogen) atoms. The van der Waals surface area contributed by atoms with Crippen molar-refractivity contribution in [1.29, 1.82) is 0 Å². The maximum atomic E-state index is 13.9. The smallest absolute Gasteiger partial charge is 0.415 e. The summed E-state index contributed by atoms with van der Waals surface area (Å²) in [5, 5.41) is 0. The van der Waals surface area contributed by atoms with E-state index in [-0.39, 0.29) is 24.3 Å². The van der Waals surface area contributed by atoms with E-state index in [1.807, 2.05) is 0 Å². The first-order valence-corrected chi connectivity index (χ1v) is 8.72. The lowest BCUT2D eigenvalue weighted by atomic mass is 9.95. The van der Waals surface area contributed by atoms with Crippen LogP contribution in [0.3, 0.4) is 0 Å². The Balaban J connectivity index is 1.98. The van der Waals surface area contributed by atoms with Crippen LogP contribution in [0.25, 0.3) is 0 Å². The van der Waals surface area contributed by atoms with Gasteiger partial charge >= 0.3 is 12.3 Å². The number of benzene rings is 2. The van der Waals surface area contributed by atoms with E-state index in [9.17, 15) is 26.7 Å². The number of fused-ring (bicyclic) bond motifs is 1. The van der Waals surface area contributed by atoms with E-state index < -0.39 is 40.8 Å². The van der Waals surface area contributed by atoms with Crippen molar-refractivity contribution >= 4 is 27.7 Å². The monoisotopic (exact) mass is 449 g/mol. The van der Waals surface area contributed by atoms with E-state index in [2.05, 4.69) is 15.9 Å². The Kier molecular flexibility index (Phi) is 5.41. The molecule has 2 aromatic carbocycles. The molecule has 0 N–H and O–H groups in total. The topological polar surface area (TPSA) is 29.5 Å². The van der Waals surface area contributed by atoms with E-state index in [0.717, 1.165) is 6.07 Å². The van der Waals surface area contributed by atoms with Crippen LogP contribution in [-0.2, 0) is 17.8 Å². The van der Waals surface area contributed by atoms with Gasteiger partial charge in [-0.05, 0) is 46.0 Å². The number of hydrogen-bond donors (Lipinski definition) is 0. The van der Waals surface area contributed by atoms with Crippen LogP contribution >= 0.6 is 15.9 Å². The van der Waals surface area contributed by atoms with Crippen LogP contribution in [0.2, 0.25) is 0 Å². The Morgan fingerprint density at radius 2 is 1.89 bits per heavy atom. The normalized spacial score (nSPS) is 16.8. The van der Waals surface area contributed by atoms with Gasteiger partial charge in [0.2, 0.25) is 0 Å². The molecule has 2 aromatic rings. The average Bonchev–Trinajstić information content (AvgIpc) is 2.63. The summed E-state index contributed by atoms with van der Waals surface area (Å²) >= 11 is 2.78. The van der Waals surface area contributed by atoms with E-state index in [0.29, 0.717) is 10.5 Å². The van der Waals surface area contributed by atoms with Gasteiger partial charge in [0.05, 0.1) is 10.2 Å². The molecule has 0 bridgehead atoms. The molecule has 1 amide bonds. The highest BCUT2D eigenvalue weighted by Gasteiger charge is 2.49. The fourth-order valence-electron chi connectivity index (χ4n) is 2.98. The predicted molar refractivity (Wildman–Crippen MR) is 91.3 cm³/mol. The molecule has 0 saturated heterocycles. The molecule has 0 radical (unpaired) electrons. The Morgan fingerprint density at radius 3 is 2.52 bits per heavy atom. The highest BCUT2D eigenvalue weighted by atomic mass is 79.9. The van der Waals surface area contributed by atoms with Crippen LogP contribution in [0.15, 0.2) is 40.9 Å². The highest BCUT2D eigenvalue weighted by molar-refractivity contribution is 9.10. The number of amides is 1. The lowest BCUT2D eigenvalue weighted by molar-refractivity contribution is -0.150. The van der Waals surface area contributed by atoms with E-state index >= 15 is 0 Å². The van der Waals surface area contributed by atoms with Crippen molar-refractivity contribution in [2.24, 2.45) is 0 Å². The zero-order valence-corrected chi connectivity index (χ0v) is 15.3. The summed E-state index contributed by atoms with van der Waals surface area (Å²) in [4.78, 5) is 12.9. The van der Waals surface area contributed by atoms with Crippen LogP contribution in [0.5, 0.6) is 0 Å². The van der Waals surface area contributed by atoms with Crippen LogP contribution in [-0.4, -0.2) is 18.3 Å². The maximum absolute atomic E-state index is 13.9. The minimum atomic E-state index is -4.76. The van der Waals surface area contributed by atoms with Crippen LogP contribution in [0, 0.1) is 11.6 Å². The van der Waals surface area contributed by atoms with E-state index in [4.69, 9.17) is 4.74 Å². The number of ether oxygens (including phenoxy) is 1. The van der Waals surface area contributed by atoms with Crippen LogP contribution < -0.4 is 4.90 Å². The summed E-state index contributed by atoms with van der Waals surface area (Å²) in [5.41, 5.74) is 0.314. The van der Waals surface area contributed by atoms with Crippen molar-refractivity contribution in [1.82, 2.24) is 0 Å². The third-order valence-electron chi connectivity index (χ3n) is 4.23. The molecule has 1 atom stereocenters. The molecule has 0 spiro atoms. The van der Waals surface area contributed by atoms with Gasteiger partial charge in [-0.2, -0.15) is 13.2 Å². The van der Waals surface area contributed by atoms with Gasteiger partial charge < -0.3 is 4.74 Å². The maximum Gasteiger partial charge on any atom is 0.415 e. The summed E-state index contributed by atoms with van der Waals surface area (Å²) in [6.07, 6.45) is -6.67. The second kappa shape index (κ2) is 7.46. The van der Waals surface area contributed by atoms with Crippen molar-refractivity contribution in [3.05, 3.63) is 63.6 Å². The molecule has 0 aliphatic carbocycles. The first-order chi connectivity index (χ1) is 12.7. The summed E-state index contributed by atoms with van der Waals surface area (Å²) in [5.74, 6) is -2.57. The molecule has 0 saturated carbocycles. The number of aryl methyl sites for hydroxylation is 1. The number of alkyl halides is 3. The first-order valence-electron chi connectivity index (χ1n) is 7.93. The number of halogens is 6. The molecule has 1 heterocycles. The number of rotatable bonds is 2. The van der Waals surface area contributed by atoms with Crippen LogP contribution in [0.1, 0.15) is 17.5 Å². The zero-order valence-electron chi connectivity index (χ0n) is 13.7. The van der Waals surface area contributed by atoms with Crippen LogP contribution in [0.4, 0.5) is 32.4 Å². The minimum absolute atomic E-state index is 0.0953. The van der Waals surface area contributed by atoms with Crippen molar-refractivity contribution < 1.29 is 31.5 Å². The minimum Gasteiger partial charge on any atom is -0.444 e. The van der Waals surface area contributed by atoms with E-state index in [1.54, 1.807) is 30.3 Å². The van der Waals surface area contributed by atoms with Gasteiger partial charge in [-0.1, -0.05) is 30.3 Å². The van der Waals surface area contributed by atoms with Crippen molar-refractivity contribution in [3.8, 4) is 0 Å². The quantitative estimate of drug-likeness (QED) is 0.431. The number of carbonyl (C=O) groups excluding carboxylic acids is 1. The molecule has 1 unspecified atom stereocenters. The summed E-state index contributed by atoms with van der Waals surface area (Å²) in [6.45, 7) is -0.253. The predicted octanol–water partition coefficient (Wildman–Crippen LogP) is 5.75. The molecule has 9 heteroatoms. The van der Waals surface area contributed by atoms with Gasteiger partial charge in [0.1, 0.15) is 12.6 Å². The molecular formula is C18H13BrF5NO2. The van der Waals surface area contributed by atoms with Gasteiger partial charge in [0.25, 0.3) is 0 Å². The SMILES string of the molecule is O=C(OCc1ccccc1)N1c2c(cc(F)c(F)c2Br)CCC1C(F)(F)F. The summed E-state index contributed by atoms with van der Waals surface area (Å²) in [7, 11) is 0. The molecule has 3 nitrogen and oxygen atoms in total. The Morgan fingerprint density at radius 1 is 1.22 bits per heavy atom. The van der Waals surface area contributed by atoms with E-state index in [1.165, 1.54) is 0 Å². The molecular weight excluding hydrogens is 437 g/mol. The van der Waals surface area contributed by atoms with Crippen molar-refractivity contribution in [2.75, 3.05) is 4.90 Å². The second-order valence-electron chi connectivity index (χ2n) is 6.00. The van der Waals surface area contributed by atoms with Gasteiger partial charge in [-0.15, -0.1) is 0 Å². The number of hydrogen-bond acceptors (Lipinski definition) is 2. The Labute approximate surface area is 159 Å². The molecule has 1 aliphatic heterocycles. The fraction of sp³-hybridized carbons (Fsp3) is 0.278. The molecule has 144 valence electrons. The lowest BCUT2D eigenvalue weighted by Crippen LogP contribution is -2.52. The Hall–Kier alpha value is -2.16. The number of anilines is 1. The van der Waals surface area contributed by atoms with Crippen molar-refractivity contribution in [2.45, 2.75) is 31.7 Å². The molecule has 0 aromatic heterocycles. The molecule has 3 rings (SSSR count). The summed E-state index contributed by atoms with van der Waals surface area (Å²) < 4.78 is 72.5. The Bertz CT molecular complexity index is 857. The second-order valence-corrected chi connectivity index (χ2v) is 6.79. The highest BCUT2D eigenvalue weighted by Crippen LogP contribution is 2.44. The standard InChI is InChI=1S/C18H13BrF5NO2/c19-14-15(21)12(20)8-11-6-7-13(18(22,23)24)25(16(11)14)17(26)27-9-10-4-2-1-3-5-10/h1-5,8,13H,6-7,9H2. The fourth-order valence-corrected chi connectivity index (χ4v) is 3.62. The lowest BCUT2D eigenvalue weighted by Gasteiger charge is -2.38. The third kappa shape index (κ3) is 3.92. The van der Waals surface area contributed by atoms with Gasteiger partial charge in [-0.3, -0.25) is 4.90 Å². The molecule has 0 fully saturated rings. The molecule has 1 aliphatic rings. The number of nitrogens with zero attached hydrogens (tertiary/aromatic N) is 1. The van der Waals surface area contributed by atoms with Crippen molar-refractivity contribution in [3.63, 3.8) is 0 Å². The zero-order chi connectivity index (χ0) is 19.8. The van der Waals surface area contributed by atoms with Gasteiger partial charge in [-0.25, -0.2) is 13.6 Å². The third-order valence-corrected chi connectivity index (χ3v) is 4.96. The summed E-state index contributed by atoms with van der Waals surface area (Å²) in [6, 6.07) is 7.00.